The van der Waals surface area contributed by atoms with Crippen LogP contribution < -0.4 is 15.1 Å². The summed E-state index contributed by atoms with van der Waals surface area (Å²) in [5, 5.41) is 11.9. The Bertz CT molecular complexity index is 841. The van der Waals surface area contributed by atoms with Gasteiger partial charge in [0, 0.05) is 37.8 Å². The first-order chi connectivity index (χ1) is 14.1. The van der Waals surface area contributed by atoms with Crippen molar-refractivity contribution < 1.29 is 9.53 Å². The molecule has 2 aliphatic heterocycles. The van der Waals surface area contributed by atoms with E-state index in [-0.39, 0.29) is 11.8 Å². The van der Waals surface area contributed by atoms with Crippen LogP contribution in [0.4, 0.5) is 17.3 Å². The highest BCUT2D eigenvalue weighted by Crippen LogP contribution is 2.24. The molecule has 2 aliphatic rings. The Morgan fingerprint density at radius 2 is 1.55 bits per heavy atom. The Hall–Kier alpha value is -2.67. The standard InChI is InChI=1S/C22H29N5O2/c1-16-3-4-19(15-17(16)2)23-22(28)18-7-9-26(10-8-18)20-5-6-21(25-24-20)27-11-13-29-14-12-27/h3-6,15,18H,7-14H2,1-2H3,(H,23,28). The van der Waals surface area contributed by atoms with Crippen molar-refractivity contribution in [3.8, 4) is 0 Å². The maximum absolute atomic E-state index is 12.7. The maximum Gasteiger partial charge on any atom is 0.227 e. The minimum Gasteiger partial charge on any atom is -0.378 e. The van der Waals surface area contributed by atoms with Crippen LogP contribution in [0.15, 0.2) is 30.3 Å². The molecule has 0 unspecified atom stereocenters. The van der Waals surface area contributed by atoms with Crippen molar-refractivity contribution in [2.75, 3.05) is 54.5 Å². The van der Waals surface area contributed by atoms with E-state index in [2.05, 4.69) is 39.2 Å². The number of piperidine rings is 1. The molecular weight excluding hydrogens is 366 g/mol. The first-order valence-corrected chi connectivity index (χ1v) is 10.4. The van der Waals surface area contributed by atoms with Gasteiger partial charge in [0.05, 0.1) is 13.2 Å². The second kappa shape index (κ2) is 8.78. The number of carbonyl (C=O) groups is 1. The number of carbonyl (C=O) groups excluding carboxylic acids is 1. The summed E-state index contributed by atoms with van der Waals surface area (Å²) < 4.78 is 5.39. The van der Waals surface area contributed by atoms with Crippen LogP contribution in [0, 0.1) is 19.8 Å². The molecular formula is C22H29N5O2. The number of morpholine rings is 1. The van der Waals surface area contributed by atoms with Crippen LogP contribution >= 0.6 is 0 Å². The molecule has 1 aromatic carbocycles. The first kappa shape index (κ1) is 19.6. The number of aryl methyl sites for hydroxylation is 2. The van der Waals surface area contributed by atoms with E-state index in [0.29, 0.717) is 0 Å². The number of anilines is 3. The molecule has 1 amide bonds. The summed E-state index contributed by atoms with van der Waals surface area (Å²) in [6.07, 6.45) is 1.65. The molecule has 0 aliphatic carbocycles. The predicted octanol–water partition coefficient (Wildman–Crippen LogP) is 2.79. The van der Waals surface area contributed by atoms with E-state index in [1.54, 1.807) is 0 Å². The maximum atomic E-state index is 12.7. The van der Waals surface area contributed by atoms with Gasteiger partial charge in [-0.3, -0.25) is 4.79 Å². The number of hydrogen-bond acceptors (Lipinski definition) is 6. The first-order valence-electron chi connectivity index (χ1n) is 10.4. The molecule has 154 valence electrons. The van der Waals surface area contributed by atoms with Crippen LogP contribution in [-0.4, -0.2) is 55.5 Å². The van der Waals surface area contributed by atoms with E-state index < -0.39 is 0 Å². The molecule has 3 heterocycles. The van der Waals surface area contributed by atoms with E-state index in [4.69, 9.17) is 4.74 Å². The Balaban J connectivity index is 1.30. The van der Waals surface area contributed by atoms with Gasteiger partial charge in [-0.2, -0.15) is 0 Å². The summed E-state index contributed by atoms with van der Waals surface area (Å²) >= 11 is 0. The Labute approximate surface area is 172 Å². The van der Waals surface area contributed by atoms with E-state index in [1.807, 2.05) is 30.3 Å². The fourth-order valence-electron chi connectivity index (χ4n) is 3.88. The Morgan fingerprint density at radius 3 is 2.14 bits per heavy atom. The number of amides is 1. The van der Waals surface area contributed by atoms with Crippen LogP contribution in [0.2, 0.25) is 0 Å². The van der Waals surface area contributed by atoms with Crippen molar-refractivity contribution in [2.45, 2.75) is 26.7 Å². The average Bonchev–Trinajstić information content (AvgIpc) is 2.77. The van der Waals surface area contributed by atoms with Gasteiger partial charge in [0.2, 0.25) is 5.91 Å². The van der Waals surface area contributed by atoms with Gasteiger partial charge in [-0.25, -0.2) is 0 Å². The highest BCUT2D eigenvalue weighted by Gasteiger charge is 2.26. The lowest BCUT2D eigenvalue weighted by Crippen LogP contribution is -2.39. The van der Waals surface area contributed by atoms with Crippen molar-refractivity contribution in [3.05, 3.63) is 41.5 Å². The van der Waals surface area contributed by atoms with Crippen LogP contribution in [0.5, 0.6) is 0 Å². The lowest BCUT2D eigenvalue weighted by atomic mass is 9.95. The highest BCUT2D eigenvalue weighted by molar-refractivity contribution is 5.92. The minimum absolute atomic E-state index is 0.0356. The molecule has 29 heavy (non-hydrogen) atoms. The Morgan fingerprint density at radius 1 is 0.931 bits per heavy atom. The molecule has 1 aromatic heterocycles. The zero-order chi connectivity index (χ0) is 20.2. The predicted molar refractivity (Wildman–Crippen MR) is 115 cm³/mol. The normalized spacial score (nSPS) is 18.0. The monoisotopic (exact) mass is 395 g/mol. The van der Waals surface area contributed by atoms with Crippen LogP contribution in [0.3, 0.4) is 0 Å². The van der Waals surface area contributed by atoms with Gasteiger partial charge >= 0.3 is 0 Å². The number of nitrogens with zero attached hydrogens (tertiary/aromatic N) is 4. The Kier molecular flexibility index (Phi) is 5.94. The molecule has 2 fully saturated rings. The minimum atomic E-state index is 0.0356. The van der Waals surface area contributed by atoms with E-state index in [1.165, 1.54) is 11.1 Å². The fourth-order valence-corrected chi connectivity index (χ4v) is 3.88. The van der Waals surface area contributed by atoms with Gasteiger partial charge < -0.3 is 19.9 Å². The number of aromatic nitrogens is 2. The van der Waals surface area contributed by atoms with Gasteiger partial charge in [-0.1, -0.05) is 6.07 Å². The molecule has 1 N–H and O–H groups in total. The quantitative estimate of drug-likeness (QED) is 0.858. The fraction of sp³-hybridized carbons (Fsp3) is 0.500. The van der Waals surface area contributed by atoms with Crippen LogP contribution in [-0.2, 0) is 9.53 Å². The molecule has 0 spiro atoms. The molecule has 2 saturated heterocycles. The lowest BCUT2D eigenvalue weighted by molar-refractivity contribution is -0.120. The second-order valence-electron chi connectivity index (χ2n) is 7.90. The van der Waals surface area contributed by atoms with Crippen molar-refractivity contribution in [2.24, 2.45) is 5.92 Å². The van der Waals surface area contributed by atoms with Gasteiger partial charge in [0.15, 0.2) is 11.6 Å². The smallest absolute Gasteiger partial charge is 0.227 e. The van der Waals surface area contributed by atoms with Gasteiger partial charge in [-0.05, 0) is 62.1 Å². The van der Waals surface area contributed by atoms with Crippen LogP contribution in [0.1, 0.15) is 24.0 Å². The third kappa shape index (κ3) is 4.67. The summed E-state index contributed by atoms with van der Waals surface area (Å²) in [4.78, 5) is 17.1. The summed E-state index contributed by atoms with van der Waals surface area (Å²) in [6, 6.07) is 10.1. The molecule has 7 nitrogen and oxygen atoms in total. The third-order valence-corrected chi connectivity index (χ3v) is 5.94. The molecule has 0 saturated carbocycles. The second-order valence-corrected chi connectivity index (χ2v) is 7.90. The van der Waals surface area contributed by atoms with Crippen molar-refractivity contribution in [3.63, 3.8) is 0 Å². The third-order valence-electron chi connectivity index (χ3n) is 5.94. The molecule has 0 bridgehead atoms. The molecule has 0 radical (unpaired) electrons. The summed E-state index contributed by atoms with van der Waals surface area (Å²) in [5.74, 6) is 1.94. The van der Waals surface area contributed by atoms with Crippen molar-refractivity contribution >= 4 is 23.2 Å². The van der Waals surface area contributed by atoms with E-state index in [0.717, 1.165) is 69.6 Å². The lowest BCUT2D eigenvalue weighted by Gasteiger charge is -2.32. The zero-order valence-corrected chi connectivity index (χ0v) is 17.2. The number of ether oxygens (including phenoxy) is 1. The molecule has 4 rings (SSSR count). The van der Waals surface area contributed by atoms with E-state index in [9.17, 15) is 4.79 Å². The molecule has 0 atom stereocenters. The zero-order valence-electron chi connectivity index (χ0n) is 17.2. The van der Waals surface area contributed by atoms with Gasteiger partial charge in [-0.15, -0.1) is 10.2 Å². The van der Waals surface area contributed by atoms with E-state index >= 15 is 0 Å². The average molecular weight is 396 g/mol. The van der Waals surface area contributed by atoms with Crippen LogP contribution in [0.25, 0.3) is 0 Å². The number of nitrogens with one attached hydrogen (secondary N) is 1. The van der Waals surface area contributed by atoms with Crippen molar-refractivity contribution in [1.82, 2.24) is 10.2 Å². The highest BCUT2D eigenvalue weighted by atomic mass is 16.5. The topological polar surface area (TPSA) is 70.6 Å². The number of rotatable bonds is 4. The number of benzene rings is 1. The summed E-state index contributed by atoms with van der Waals surface area (Å²) in [6.45, 7) is 8.96. The summed E-state index contributed by atoms with van der Waals surface area (Å²) in [7, 11) is 0. The van der Waals surface area contributed by atoms with Gasteiger partial charge in [0.25, 0.3) is 0 Å². The summed E-state index contributed by atoms with van der Waals surface area (Å²) in [5.41, 5.74) is 3.30. The van der Waals surface area contributed by atoms with Gasteiger partial charge in [0.1, 0.15) is 0 Å². The van der Waals surface area contributed by atoms with Crippen molar-refractivity contribution in [1.29, 1.82) is 0 Å². The largest absolute Gasteiger partial charge is 0.378 e. The molecule has 2 aromatic rings. The SMILES string of the molecule is Cc1ccc(NC(=O)C2CCN(c3ccc(N4CCOCC4)nn3)CC2)cc1C. The number of hydrogen-bond donors (Lipinski definition) is 1. The molecule has 7 heteroatoms.